The second-order valence-electron chi connectivity index (χ2n) is 4.08. The van der Waals surface area contributed by atoms with Crippen molar-refractivity contribution >= 4 is 20.0 Å². The maximum atomic E-state index is 11.4. The Morgan fingerprint density at radius 1 is 1.24 bits per heavy atom. The van der Waals surface area contributed by atoms with Gasteiger partial charge in [0, 0.05) is 19.6 Å². The topological polar surface area (TPSA) is 80.8 Å². The summed E-state index contributed by atoms with van der Waals surface area (Å²) in [5.74, 6) is 0.152. The first kappa shape index (κ1) is 14.9. The summed E-state index contributed by atoms with van der Waals surface area (Å²) in [4.78, 5) is 1.84. The van der Waals surface area contributed by atoms with Gasteiger partial charge in [0.2, 0.25) is 0 Å². The highest BCUT2D eigenvalue weighted by Gasteiger charge is 2.22. The molecule has 1 rings (SSSR count). The second-order valence-corrected chi connectivity index (χ2v) is 8.14. The number of rotatable bonds is 6. The Balaban J connectivity index is 2.32. The van der Waals surface area contributed by atoms with Crippen molar-refractivity contribution in [3.8, 4) is 0 Å². The van der Waals surface area contributed by atoms with Crippen molar-refractivity contribution in [1.82, 2.24) is 4.90 Å². The third-order valence-electron chi connectivity index (χ3n) is 2.56. The zero-order valence-corrected chi connectivity index (χ0v) is 11.6. The molecule has 0 aromatic rings. The Bertz CT molecular complexity index is 414. The van der Waals surface area contributed by atoms with Gasteiger partial charge >= 0.3 is 0 Å². The van der Waals surface area contributed by atoms with E-state index in [4.69, 9.17) is 4.18 Å². The van der Waals surface area contributed by atoms with Gasteiger partial charge in [-0.25, -0.2) is 8.42 Å². The predicted molar refractivity (Wildman–Crippen MR) is 65.1 cm³/mol. The Kier molecular flexibility index (Phi) is 5.36. The average molecular weight is 285 g/mol. The first-order valence-electron chi connectivity index (χ1n) is 5.64. The minimum Gasteiger partial charge on any atom is -0.300 e. The molecule has 0 aromatic heterocycles. The van der Waals surface area contributed by atoms with Crippen LogP contribution in [0, 0.1) is 0 Å². The van der Waals surface area contributed by atoms with Crippen LogP contribution in [0.25, 0.3) is 0 Å². The fraction of sp³-hybridized carbons (Fsp3) is 1.00. The van der Waals surface area contributed by atoms with E-state index >= 15 is 0 Å². The molecule has 0 unspecified atom stereocenters. The zero-order valence-electron chi connectivity index (χ0n) is 9.96. The van der Waals surface area contributed by atoms with Gasteiger partial charge in [0.25, 0.3) is 10.1 Å². The van der Waals surface area contributed by atoms with Crippen molar-refractivity contribution in [2.45, 2.75) is 13.3 Å². The van der Waals surface area contributed by atoms with Crippen LogP contribution in [-0.4, -0.2) is 65.2 Å². The predicted octanol–water partition coefficient (Wildman–Crippen LogP) is -0.527. The van der Waals surface area contributed by atoms with Gasteiger partial charge in [-0.3, -0.25) is 4.18 Å². The largest absolute Gasteiger partial charge is 0.300 e. The maximum Gasteiger partial charge on any atom is 0.268 e. The maximum absolute atomic E-state index is 11.4. The van der Waals surface area contributed by atoms with Crippen LogP contribution in [0.4, 0.5) is 0 Å². The summed E-state index contributed by atoms with van der Waals surface area (Å²) in [5, 5.41) is 0. The molecule has 0 N–H and O–H groups in total. The molecule has 0 saturated carbocycles. The van der Waals surface area contributed by atoms with E-state index in [1.54, 1.807) is 0 Å². The van der Waals surface area contributed by atoms with E-state index in [1.165, 1.54) is 0 Å². The minimum absolute atomic E-state index is 0.0763. The number of nitrogens with zero attached hydrogens (tertiary/aromatic N) is 1. The molecule has 0 atom stereocenters. The molecule has 102 valence electrons. The van der Waals surface area contributed by atoms with E-state index in [-0.39, 0.29) is 23.9 Å². The molecule has 1 fully saturated rings. The number of hydrogen-bond donors (Lipinski definition) is 0. The summed E-state index contributed by atoms with van der Waals surface area (Å²) >= 11 is 0. The number of hydrogen-bond acceptors (Lipinski definition) is 6. The molecule has 0 radical (unpaired) electrons. The molecule has 8 heteroatoms. The van der Waals surface area contributed by atoms with Crippen LogP contribution in [-0.2, 0) is 24.1 Å². The van der Waals surface area contributed by atoms with E-state index in [1.807, 2.05) is 11.8 Å². The summed E-state index contributed by atoms with van der Waals surface area (Å²) < 4.78 is 49.9. The number of sulfone groups is 1. The summed E-state index contributed by atoms with van der Waals surface area (Å²) in [7, 11) is -6.37. The lowest BCUT2D eigenvalue weighted by atomic mass is 10.5. The summed E-state index contributed by atoms with van der Waals surface area (Å²) in [5.41, 5.74) is 0. The van der Waals surface area contributed by atoms with Crippen LogP contribution >= 0.6 is 0 Å². The molecule has 1 aliphatic heterocycles. The third-order valence-corrected chi connectivity index (χ3v) is 5.38. The molecule has 6 nitrogen and oxygen atoms in total. The quantitative estimate of drug-likeness (QED) is 0.611. The van der Waals surface area contributed by atoms with Gasteiger partial charge in [0.15, 0.2) is 9.84 Å². The Morgan fingerprint density at radius 3 is 2.35 bits per heavy atom. The molecule has 0 amide bonds. The van der Waals surface area contributed by atoms with Gasteiger partial charge in [-0.2, -0.15) is 8.42 Å². The van der Waals surface area contributed by atoms with E-state index in [9.17, 15) is 16.8 Å². The fourth-order valence-electron chi connectivity index (χ4n) is 1.48. The highest BCUT2D eigenvalue weighted by Crippen LogP contribution is 2.04. The van der Waals surface area contributed by atoms with Gasteiger partial charge in [-0.05, 0) is 6.42 Å². The Hall–Kier alpha value is -0.180. The smallest absolute Gasteiger partial charge is 0.268 e. The van der Waals surface area contributed by atoms with Gasteiger partial charge in [0.1, 0.15) is 0 Å². The zero-order chi connectivity index (χ0) is 12.9. The molecule has 0 aliphatic carbocycles. The standard InChI is InChI=1S/C9H19NO5S2/c1-2-6-15-17(13,14)9-5-10-3-7-16(11,12)8-4-10/h2-9H2,1H3. The summed E-state index contributed by atoms with van der Waals surface area (Å²) in [6.07, 6.45) is 0.654. The van der Waals surface area contributed by atoms with Crippen molar-refractivity contribution in [3.05, 3.63) is 0 Å². The average Bonchev–Trinajstić information content (AvgIpc) is 2.25. The minimum atomic E-state index is -3.46. The van der Waals surface area contributed by atoms with Crippen molar-refractivity contribution in [2.75, 3.05) is 43.5 Å². The normalized spacial score (nSPS) is 21.5. The molecule has 0 spiro atoms. The summed E-state index contributed by atoms with van der Waals surface area (Å²) in [6.45, 7) is 3.19. The molecule has 17 heavy (non-hydrogen) atoms. The van der Waals surface area contributed by atoms with Gasteiger partial charge in [-0.15, -0.1) is 0 Å². The SMILES string of the molecule is CCCOS(=O)(=O)CCN1CCS(=O)(=O)CC1. The van der Waals surface area contributed by atoms with Gasteiger partial charge < -0.3 is 4.90 Å². The van der Waals surface area contributed by atoms with E-state index < -0.39 is 20.0 Å². The van der Waals surface area contributed by atoms with Crippen LogP contribution in [0.15, 0.2) is 0 Å². The lowest BCUT2D eigenvalue weighted by Crippen LogP contribution is -2.42. The van der Waals surface area contributed by atoms with Crippen molar-refractivity contribution < 1.29 is 21.0 Å². The molecular formula is C9H19NO5S2. The fourth-order valence-corrected chi connectivity index (χ4v) is 3.78. The van der Waals surface area contributed by atoms with Gasteiger partial charge in [-0.1, -0.05) is 6.92 Å². The highest BCUT2D eigenvalue weighted by molar-refractivity contribution is 7.91. The van der Waals surface area contributed by atoms with Crippen LogP contribution in [0.1, 0.15) is 13.3 Å². The lowest BCUT2D eigenvalue weighted by molar-refractivity contribution is 0.292. The lowest BCUT2D eigenvalue weighted by Gasteiger charge is -2.25. The van der Waals surface area contributed by atoms with E-state index in [2.05, 4.69) is 0 Å². The highest BCUT2D eigenvalue weighted by atomic mass is 32.2. The van der Waals surface area contributed by atoms with Crippen LogP contribution < -0.4 is 0 Å². The first-order chi connectivity index (χ1) is 7.85. The second kappa shape index (κ2) is 6.12. The van der Waals surface area contributed by atoms with Crippen LogP contribution in [0.5, 0.6) is 0 Å². The summed E-state index contributed by atoms with van der Waals surface area (Å²) in [6, 6.07) is 0. The van der Waals surface area contributed by atoms with E-state index in [0.29, 0.717) is 26.1 Å². The Morgan fingerprint density at radius 2 is 1.82 bits per heavy atom. The molecule has 1 aliphatic rings. The molecule has 0 aromatic carbocycles. The van der Waals surface area contributed by atoms with Crippen LogP contribution in [0.2, 0.25) is 0 Å². The van der Waals surface area contributed by atoms with Gasteiger partial charge in [0.05, 0.1) is 23.9 Å². The van der Waals surface area contributed by atoms with Crippen molar-refractivity contribution in [1.29, 1.82) is 0 Å². The van der Waals surface area contributed by atoms with Crippen LogP contribution in [0.3, 0.4) is 0 Å². The Labute approximate surface area is 103 Å². The monoisotopic (exact) mass is 285 g/mol. The first-order valence-corrected chi connectivity index (χ1v) is 9.04. The van der Waals surface area contributed by atoms with E-state index in [0.717, 1.165) is 0 Å². The molecule has 1 heterocycles. The molecule has 1 saturated heterocycles. The molecule has 0 bridgehead atoms. The van der Waals surface area contributed by atoms with Crippen molar-refractivity contribution in [2.24, 2.45) is 0 Å². The third kappa shape index (κ3) is 5.80. The van der Waals surface area contributed by atoms with Crippen molar-refractivity contribution in [3.63, 3.8) is 0 Å². The molecular weight excluding hydrogens is 266 g/mol.